The first-order chi connectivity index (χ1) is 24.9. The molecule has 10 nitrogen and oxygen atoms in total. The summed E-state index contributed by atoms with van der Waals surface area (Å²) >= 11 is 0. The van der Waals surface area contributed by atoms with Gasteiger partial charge in [0.05, 0.1) is 29.1 Å². The second-order valence-electron chi connectivity index (χ2n) is 17.0. The van der Waals surface area contributed by atoms with Crippen LogP contribution < -0.4 is 15.5 Å². The Morgan fingerprint density at radius 3 is 2.11 bits per heavy atom. The monoisotopic (exact) mass is 728 g/mol. The minimum Gasteiger partial charge on any atom is -0.375 e. The van der Waals surface area contributed by atoms with Crippen molar-refractivity contribution in [2.45, 2.75) is 132 Å². The van der Waals surface area contributed by atoms with Crippen molar-refractivity contribution < 1.29 is 19.1 Å². The summed E-state index contributed by atoms with van der Waals surface area (Å²) in [5, 5.41) is 15.5. The van der Waals surface area contributed by atoms with Crippen molar-refractivity contribution in [3.05, 3.63) is 54.1 Å². The average Bonchev–Trinajstić information content (AvgIpc) is 3.56. The smallest absolute Gasteiger partial charge is 0.233 e. The van der Waals surface area contributed by atoms with Crippen LogP contribution in [-0.2, 0) is 31.2 Å². The summed E-state index contributed by atoms with van der Waals surface area (Å²) in [4.78, 5) is 41.8. The van der Waals surface area contributed by atoms with E-state index in [2.05, 4.69) is 57.4 Å². The van der Waals surface area contributed by atoms with Gasteiger partial charge in [-0.3, -0.25) is 14.4 Å². The van der Waals surface area contributed by atoms with Crippen molar-refractivity contribution >= 4 is 23.4 Å². The number of anilines is 1. The predicted octanol–water partition coefficient (Wildman–Crippen LogP) is 8.29. The molecule has 1 aliphatic rings. The van der Waals surface area contributed by atoms with E-state index >= 15 is 0 Å². The summed E-state index contributed by atoms with van der Waals surface area (Å²) < 4.78 is 8.44. The van der Waals surface area contributed by atoms with Crippen LogP contribution in [0.15, 0.2) is 48.5 Å². The van der Waals surface area contributed by atoms with Crippen molar-refractivity contribution in [2.75, 3.05) is 25.1 Å². The normalized spacial score (nSPS) is 15.3. The molecule has 2 unspecified atom stereocenters. The van der Waals surface area contributed by atoms with E-state index in [0.29, 0.717) is 70.6 Å². The summed E-state index contributed by atoms with van der Waals surface area (Å²) in [5.74, 6) is 0.442. The van der Waals surface area contributed by atoms with E-state index < -0.39 is 22.0 Å². The van der Waals surface area contributed by atoms with Gasteiger partial charge >= 0.3 is 0 Å². The molecule has 0 radical (unpaired) electrons. The van der Waals surface area contributed by atoms with E-state index in [9.17, 15) is 14.4 Å². The van der Waals surface area contributed by atoms with E-state index in [4.69, 9.17) is 15.0 Å². The first-order valence-corrected chi connectivity index (χ1v) is 19.5. The van der Waals surface area contributed by atoms with E-state index in [-0.39, 0.29) is 17.7 Å². The fourth-order valence-corrected chi connectivity index (χ4v) is 7.13. The Kier molecular flexibility index (Phi) is 13.3. The molecule has 3 aromatic rings. The van der Waals surface area contributed by atoms with Crippen LogP contribution in [0.5, 0.6) is 0 Å². The largest absolute Gasteiger partial charge is 0.375 e. The Morgan fingerprint density at radius 2 is 1.47 bits per heavy atom. The molecule has 10 heteroatoms. The highest BCUT2D eigenvalue weighted by Gasteiger charge is 2.42. The predicted molar refractivity (Wildman–Crippen MR) is 213 cm³/mol. The molecule has 0 bridgehead atoms. The number of benzene rings is 2. The van der Waals surface area contributed by atoms with Crippen LogP contribution in [0.1, 0.15) is 120 Å². The molecule has 2 N–H and O–H groups in total. The molecule has 0 aliphatic carbocycles. The number of amides is 3. The minimum absolute atomic E-state index is 0.00719. The van der Waals surface area contributed by atoms with Crippen LogP contribution in [0.3, 0.4) is 0 Å². The summed E-state index contributed by atoms with van der Waals surface area (Å²) in [6.45, 7) is 22.1. The lowest BCUT2D eigenvalue weighted by Crippen LogP contribution is -2.44. The van der Waals surface area contributed by atoms with Gasteiger partial charge in [0.25, 0.3) is 0 Å². The number of hydrogen-bond acceptors (Lipinski definition) is 6. The van der Waals surface area contributed by atoms with Crippen LogP contribution in [0.2, 0.25) is 0 Å². The first kappa shape index (κ1) is 41.7. The second-order valence-corrected chi connectivity index (χ2v) is 17.0. The molecule has 290 valence electrons. The number of aromatic nitrogens is 3. The number of nitrogens with zero attached hydrogens (tertiary/aromatic N) is 4. The highest BCUT2D eigenvalue weighted by atomic mass is 16.5. The van der Waals surface area contributed by atoms with E-state index in [0.717, 1.165) is 33.8 Å². The van der Waals surface area contributed by atoms with Crippen LogP contribution in [-0.4, -0.2) is 58.5 Å². The van der Waals surface area contributed by atoms with Crippen LogP contribution in [0.4, 0.5) is 5.69 Å². The molecule has 2 atom stereocenters. The lowest BCUT2D eigenvalue weighted by atomic mass is 9.73. The standard InChI is InChI=1S/C43H64N6O4/c1-12-42(9,38(51)44-11)22-23-43(10,13-2)39(52)48-29-31-18-14-15-19-32(31)37-36(33-20-16-17-21-34(33)48)46-47-49(37)40(5,6)25-27-53-41(7,8)24-26-45-35(50)28-30(3)4/h14-21,30H,12-13,22-29H2,1-11H3,(H,44,51)(H,45,50). The number of para-hydroxylation sites is 1. The van der Waals surface area contributed by atoms with Gasteiger partial charge in [-0.25, -0.2) is 4.68 Å². The zero-order valence-electron chi connectivity index (χ0n) is 34.2. The summed E-state index contributed by atoms with van der Waals surface area (Å²) in [5.41, 5.74) is 3.17. The molecule has 3 amide bonds. The molecule has 0 fully saturated rings. The zero-order chi connectivity index (χ0) is 39.2. The maximum Gasteiger partial charge on any atom is 0.233 e. The molecular formula is C43H64N6O4. The zero-order valence-corrected chi connectivity index (χ0v) is 34.2. The quantitative estimate of drug-likeness (QED) is 0.144. The number of carbonyl (C=O) groups excluding carboxylic acids is 3. The Hall–Kier alpha value is -4.05. The minimum atomic E-state index is -0.693. The fourth-order valence-electron chi connectivity index (χ4n) is 7.13. The number of ether oxygens (including phenoxy) is 1. The molecule has 1 aliphatic heterocycles. The van der Waals surface area contributed by atoms with E-state index in [1.807, 2.05) is 80.6 Å². The Bertz CT molecular complexity index is 1750. The van der Waals surface area contributed by atoms with Gasteiger partial charge in [-0.05, 0) is 83.8 Å². The molecule has 2 heterocycles. The Morgan fingerprint density at radius 1 is 0.849 bits per heavy atom. The van der Waals surface area contributed by atoms with Crippen molar-refractivity contribution in [1.29, 1.82) is 0 Å². The average molecular weight is 729 g/mol. The molecule has 2 aromatic carbocycles. The molecule has 0 spiro atoms. The molecular weight excluding hydrogens is 665 g/mol. The van der Waals surface area contributed by atoms with Gasteiger partial charge in [-0.15, -0.1) is 5.10 Å². The highest BCUT2D eigenvalue weighted by molar-refractivity contribution is 6.02. The Balaban J connectivity index is 1.65. The van der Waals surface area contributed by atoms with Gasteiger partial charge in [0, 0.05) is 48.6 Å². The molecule has 4 rings (SSSR count). The number of carbonyl (C=O) groups is 3. The first-order valence-electron chi connectivity index (χ1n) is 19.5. The molecule has 1 aromatic heterocycles. The van der Waals surface area contributed by atoms with Gasteiger partial charge in [-0.2, -0.15) is 0 Å². The van der Waals surface area contributed by atoms with Gasteiger partial charge in [0.15, 0.2) is 0 Å². The van der Waals surface area contributed by atoms with Gasteiger partial charge in [0.2, 0.25) is 17.7 Å². The number of hydrogen-bond donors (Lipinski definition) is 2. The third kappa shape index (κ3) is 9.55. The topological polar surface area (TPSA) is 118 Å². The number of nitrogens with one attached hydrogen (secondary N) is 2. The van der Waals surface area contributed by atoms with Gasteiger partial charge in [0.1, 0.15) is 5.69 Å². The van der Waals surface area contributed by atoms with Gasteiger partial charge < -0.3 is 20.3 Å². The lowest BCUT2D eigenvalue weighted by Gasteiger charge is -2.38. The van der Waals surface area contributed by atoms with Crippen LogP contribution >= 0.6 is 0 Å². The summed E-state index contributed by atoms with van der Waals surface area (Å²) in [6.07, 6.45) is 4.44. The lowest BCUT2D eigenvalue weighted by molar-refractivity contribution is -0.133. The number of fused-ring (bicyclic) bond motifs is 5. The van der Waals surface area contributed by atoms with Crippen LogP contribution in [0, 0.1) is 16.7 Å². The second kappa shape index (κ2) is 17.0. The maximum atomic E-state index is 14.9. The number of rotatable bonds is 17. The fraction of sp³-hybridized carbons (Fsp3) is 0.605. The summed E-state index contributed by atoms with van der Waals surface area (Å²) in [7, 11) is 1.68. The van der Waals surface area contributed by atoms with E-state index in [1.54, 1.807) is 7.05 Å². The maximum absolute atomic E-state index is 14.9. The highest BCUT2D eigenvalue weighted by Crippen LogP contribution is 2.45. The van der Waals surface area contributed by atoms with Crippen molar-refractivity contribution in [3.8, 4) is 22.5 Å². The van der Waals surface area contributed by atoms with Crippen molar-refractivity contribution in [3.63, 3.8) is 0 Å². The molecule has 0 saturated heterocycles. The molecule has 53 heavy (non-hydrogen) atoms. The Labute approximate surface area is 317 Å². The van der Waals surface area contributed by atoms with Crippen molar-refractivity contribution in [1.82, 2.24) is 25.6 Å². The van der Waals surface area contributed by atoms with E-state index in [1.165, 1.54) is 0 Å². The third-order valence-corrected chi connectivity index (χ3v) is 11.5. The van der Waals surface area contributed by atoms with Gasteiger partial charge in [-0.1, -0.05) is 89.2 Å². The third-order valence-electron chi connectivity index (χ3n) is 11.5. The van der Waals surface area contributed by atoms with Crippen molar-refractivity contribution in [2.24, 2.45) is 16.7 Å². The SMILES string of the molecule is CCC(C)(CCC(C)(CC)C(=O)N1Cc2ccccc2-c2c(nnn2C(C)(C)CCOC(C)(C)CCNC(=O)CC(C)C)-c2ccccc21)C(=O)NC. The summed E-state index contributed by atoms with van der Waals surface area (Å²) in [6, 6.07) is 16.2. The molecule has 0 saturated carbocycles. The van der Waals surface area contributed by atoms with Crippen LogP contribution in [0.25, 0.3) is 22.5 Å².